The van der Waals surface area contributed by atoms with Crippen LogP contribution in [0, 0.1) is 19.7 Å². The molecule has 2 aliphatic heterocycles. The number of likely N-dealkylation sites (tertiary alicyclic amines) is 1. The molecular weight excluding hydrogens is 389 g/mol. The predicted octanol–water partition coefficient (Wildman–Crippen LogP) is 4.55. The van der Waals surface area contributed by atoms with E-state index in [0.717, 1.165) is 22.5 Å². The van der Waals surface area contributed by atoms with Crippen LogP contribution in [0.1, 0.15) is 24.0 Å². The van der Waals surface area contributed by atoms with Gasteiger partial charge in [0.15, 0.2) is 0 Å². The third-order valence-electron chi connectivity index (χ3n) is 5.88. The number of benzene rings is 2. The number of rotatable bonds is 2. The Labute approximate surface area is 174 Å². The Morgan fingerprint density at radius 3 is 2.48 bits per heavy atom. The first kappa shape index (κ1) is 19.8. The molecule has 2 aliphatic rings. The van der Waals surface area contributed by atoms with Crippen LogP contribution in [0.2, 0.25) is 0 Å². The standard InChI is InChI=1S/C22H24FN3O2S/c1-15-4-3-5-19(16(15)2)24-21(28)25-12-10-22(11-13-25)26(20(27)14-29-22)18-8-6-17(23)7-9-18/h3-9H,10-14H2,1-2H3,(H,24,28). The molecule has 2 saturated heterocycles. The van der Waals surface area contributed by atoms with Crippen molar-refractivity contribution in [2.75, 3.05) is 29.1 Å². The van der Waals surface area contributed by atoms with E-state index in [4.69, 9.17) is 0 Å². The van der Waals surface area contributed by atoms with Crippen LogP contribution in [0.5, 0.6) is 0 Å². The molecule has 0 bridgehead atoms. The predicted molar refractivity (Wildman–Crippen MR) is 115 cm³/mol. The summed E-state index contributed by atoms with van der Waals surface area (Å²) in [6.07, 6.45) is 1.36. The normalized spacial score (nSPS) is 18.4. The number of hydrogen-bond acceptors (Lipinski definition) is 3. The van der Waals surface area contributed by atoms with Gasteiger partial charge in [-0.15, -0.1) is 11.8 Å². The van der Waals surface area contributed by atoms with Crippen LogP contribution in [0.3, 0.4) is 0 Å². The van der Waals surface area contributed by atoms with Crippen LogP contribution in [0.4, 0.5) is 20.6 Å². The molecule has 1 N–H and O–H groups in total. The van der Waals surface area contributed by atoms with Gasteiger partial charge in [0.1, 0.15) is 5.82 Å². The number of amides is 3. The molecule has 2 fully saturated rings. The number of hydrogen-bond donors (Lipinski definition) is 1. The van der Waals surface area contributed by atoms with E-state index in [1.54, 1.807) is 33.7 Å². The van der Waals surface area contributed by atoms with Gasteiger partial charge in [0.25, 0.3) is 0 Å². The molecule has 0 aliphatic carbocycles. The van der Waals surface area contributed by atoms with Gasteiger partial charge in [-0.05, 0) is 68.1 Å². The lowest BCUT2D eigenvalue weighted by Crippen LogP contribution is -2.53. The van der Waals surface area contributed by atoms with Gasteiger partial charge in [0, 0.05) is 24.5 Å². The monoisotopic (exact) mass is 413 g/mol. The smallest absolute Gasteiger partial charge is 0.321 e. The number of carbonyl (C=O) groups is 2. The van der Waals surface area contributed by atoms with E-state index in [1.807, 2.05) is 32.0 Å². The molecule has 5 nitrogen and oxygen atoms in total. The maximum absolute atomic E-state index is 13.3. The summed E-state index contributed by atoms with van der Waals surface area (Å²) in [7, 11) is 0. The Morgan fingerprint density at radius 1 is 1.10 bits per heavy atom. The van der Waals surface area contributed by atoms with Crippen molar-refractivity contribution in [1.82, 2.24) is 4.90 Å². The molecule has 0 saturated carbocycles. The van der Waals surface area contributed by atoms with Crippen LogP contribution in [-0.4, -0.2) is 40.6 Å². The SMILES string of the molecule is Cc1cccc(NC(=O)N2CCC3(CC2)SCC(=O)N3c2ccc(F)cc2)c1C. The van der Waals surface area contributed by atoms with Gasteiger partial charge in [0.2, 0.25) is 5.91 Å². The third-order valence-corrected chi connectivity index (χ3v) is 7.40. The molecule has 0 unspecified atom stereocenters. The Bertz CT molecular complexity index is 940. The van der Waals surface area contributed by atoms with E-state index in [9.17, 15) is 14.0 Å². The van der Waals surface area contributed by atoms with Crippen molar-refractivity contribution in [2.45, 2.75) is 31.6 Å². The zero-order chi connectivity index (χ0) is 20.6. The van der Waals surface area contributed by atoms with Crippen LogP contribution in [0.25, 0.3) is 0 Å². The second-order valence-corrected chi connectivity index (χ2v) is 8.94. The fourth-order valence-electron chi connectivity index (χ4n) is 4.03. The number of anilines is 2. The summed E-state index contributed by atoms with van der Waals surface area (Å²) in [6, 6.07) is 11.8. The highest BCUT2D eigenvalue weighted by Crippen LogP contribution is 2.46. The summed E-state index contributed by atoms with van der Waals surface area (Å²) in [5.74, 6) is 0.126. The molecular formula is C22H24FN3O2S. The Morgan fingerprint density at radius 2 is 1.79 bits per heavy atom. The molecule has 0 atom stereocenters. The summed E-state index contributed by atoms with van der Waals surface area (Å²) in [4.78, 5) is 28.6. The molecule has 0 radical (unpaired) electrons. The van der Waals surface area contributed by atoms with Crippen molar-refractivity contribution < 1.29 is 14.0 Å². The van der Waals surface area contributed by atoms with Gasteiger partial charge in [-0.1, -0.05) is 12.1 Å². The minimum absolute atomic E-state index is 0.0369. The van der Waals surface area contributed by atoms with Crippen LogP contribution in [-0.2, 0) is 4.79 Å². The van der Waals surface area contributed by atoms with Crippen LogP contribution < -0.4 is 10.2 Å². The molecule has 3 amide bonds. The number of aryl methyl sites for hydroxylation is 1. The van der Waals surface area contributed by atoms with E-state index in [0.29, 0.717) is 31.7 Å². The first-order chi connectivity index (χ1) is 13.9. The minimum Gasteiger partial charge on any atom is -0.324 e. The average Bonchev–Trinajstić information content (AvgIpc) is 3.02. The topological polar surface area (TPSA) is 52.7 Å². The summed E-state index contributed by atoms with van der Waals surface area (Å²) in [5.41, 5.74) is 3.74. The van der Waals surface area contributed by atoms with E-state index in [2.05, 4.69) is 5.32 Å². The maximum Gasteiger partial charge on any atom is 0.321 e. The second kappa shape index (κ2) is 7.71. The second-order valence-electron chi connectivity index (χ2n) is 7.61. The van der Waals surface area contributed by atoms with Crippen molar-refractivity contribution in [2.24, 2.45) is 0 Å². The summed E-state index contributed by atoms with van der Waals surface area (Å²) >= 11 is 1.63. The number of carbonyl (C=O) groups excluding carboxylic acids is 2. The molecule has 4 rings (SSSR count). The number of halogens is 1. The van der Waals surface area contributed by atoms with E-state index < -0.39 is 0 Å². The minimum atomic E-state index is -0.370. The van der Waals surface area contributed by atoms with Gasteiger partial charge in [-0.3, -0.25) is 9.69 Å². The molecule has 1 spiro atoms. The number of nitrogens with zero attached hydrogens (tertiary/aromatic N) is 2. The summed E-state index contributed by atoms with van der Waals surface area (Å²) in [6.45, 7) is 5.15. The van der Waals surface area contributed by atoms with Gasteiger partial charge < -0.3 is 10.2 Å². The van der Waals surface area contributed by atoms with Gasteiger partial charge >= 0.3 is 6.03 Å². The largest absolute Gasteiger partial charge is 0.324 e. The first-order valence-electron chi connectivity index (χ1n) is 9.74. The van der Waals surface area contributed by atoms with Crippen molar-refractivity contribution >= 4 is 35.1 Å². The Kier molecular flexibility index (Phi) is 5.25. The fourth-order valence-corrected chi connectivity index (χ4v) is 5.36. The summed E-state index contributed by atoms with van der Waals surface area (Å²) < 4.78 is 13.3. The first-order valence-corrected chi connectivity index (χ1v) is 10.7. The highest BCUT2D eigenvalue weighted by molar-refractivity contribution is 8.02. The number of thioether (sulfide) groups is 1. The average molecular weight is 414 g/mol. The molecule has 7 heteroatoms. The van der Waals surface area contributed by atoms with Gasteiger partial charge in [-0.25, -0.2) is 9.18 Å². The zero-order valence-electron chi connectivity index (χ0n) is 16.6. The third kappa shape index (κ3) is 3.71. The molecule has 2 aromatic carbocycles. The number of nitrogens with one attached hydrogen (secondary N) is 1. The summed E-state index contributed by atoms with van der Waals surface area (Å²) in [5, 5.41) is 3.02. The molecule has 0 aromatic heterocycles. The highest BCUT2D eigenvalue weighted by Gasteiger charge is 2.49. The van der Waals surface area contributed by atoms with Crippen molar-refractivity contribution in [1.29, 1.82) is 0 Å². The lowest BCUT2D eigenvalue weighted by atomic mass is 10.0. The number of piperidine rings is 1. The lowest BCUT2D eigenvalue weighted by molar-refractivity contribution is -0.116. The van der Waals surface area contributed by atoms with Crippen LogP contribution >= 0.6 is 11.8 Å². The zero-order valence-corrected chi connectivity index (χ0v) is 17.4. The van der Waals surface area contributed by atoms with Gasteiger partial charge in [-0.2, -0.15) is 0 Å². The lowest BCUT2D eigenvalue weighted by Gasteiger charge is -2.43. The number of urea groups is 1. The highest BCUT2D eigenvalue weighted by atomic mass is 32.2. The Balaban J connectivity index is 1.46. The maximum atomic E-state index is 13.3. The van der Waals surface area contributed by atoms with Crippen molar-refractivity contribution in [3.8, 4) is 0 Å². The molecule has 2 aromatic rings. The van der Waals surface area contributed by atoms with Gasteiger partial charge in [0.05, 0.1) is 10.6 Å². The molecule has 2 heterocycles. The molecule has 29 heavy (non-hydrogen) atoms. The van der Waals surface area contributed by atoms with Crippen molar-refractivity contribution in [3.05, 3.63) is 59.4 Å². The Hall–Kier alpha value is -2.54. The fraction of sp³-hybridized carbons (Fsp3) is 0.364. The van der Waals surface area contributed by atoms with Crippen LogP contribution in [0.15, 0.2) is 42.5 Å². The van der Waals surface area contributed by atoms with E-state index in [1.165, 1.54) is 12.1 Å². The molecule has 152 valence electrons. The van der Waals surface area contributed by atoms with E-state index in [-0.39, 0.29) is 22.6 Å². The van der Waals surface area contributed by atoms with Crippen molar-refractivity contribution in [3.63, 3.8) is 0 Å². The quantitative estimate of drug-likeness (QED) is 0.786. The van der Waals surface area contributed by atoms with E-state index >= 15 is 0 Å².